The molecule has 2 N–H and O–H groups in total. The summed E-state index contributed by atoms with van der Waals surface area (Å²) in [7, 11) is 0. The zero-order valence-corrected chi connectivity index (χ0v) is 17.5. The second-order valence-corrected chi connectivity index (χ2v) is 8.60. The lowest BCUT2D eigenvalue weighted by molar-refractivity contribution is -0.126. The minimum absolute atomic E-state index is 0.0907. The van der Waals surface area contributed by atoms with Gasteiger partial charge in [0.15, 0.2) is 0 Å². The third-order valence-corrected chi connectivity index (χ3v) is 4.43. The van der Waals surface area contributed by atoms with Crippen LogP contribution < -0.4 is 10.6 Å². The average Bonchev–Trinajstić information content (AvgIpc) is 2.53. The molecule has 1 aliphatic rings. The largest absolute Gasteiger partial charge is 0.497 e. The smallest absolute Gasteiger partial charge is 0.244 e. The van der Waals surface area contributed by atoms with Gasteiger partial charge in [-0.15, -0.1) is 0 Å². The molecule has 0 radical (unpaired) electrons. The quantitative estimate of drug-likeness (QED) is 0.369. The molecule has 1 fully saturated rings. The van der Waals surface area contributed by atoms with Crippen LogP contribution in [0.5, 0.6) is 0 Å². The minimum Gasteiger partial charge on any atom is -0.497 e. The van der Waals surface area contributed by atoms with Gasteiger partial charge in [0.25, 0.3) is 0 Å². The van der Waals surface area contributed by atoms with Crippen LogP contribution in [0.4, 0.5) is 0 Å². The van der Waals surface area contributed by atoms with Crippen LogP contribution in [-0.4, -0.2) is 37.3 Å². The van der Waals surface area contributed by atoms with Gasteiger partial charge in [0.05, 0.1) is 12.1 Å². The SMILES string of the molecule is C=C(/C=C(\OCCCC)C(C)(C)C)NC(=O)C(C)(C)NC1CCOCC1. The van der Waals surface area contributed by atoms with Gasteiger partial charge in [-0.25, -0.2) is 0 Å². The molecule has 5 nitrogen and oxygen atoms in total. The van der Waals surface area contributed by atoms with E-state index in [1.165, 1.54) is 0 Å². The number of carbonyl (C=O) groups excluding carboxylic acids is 1. The maximum Gasteiger partial charge on any atom is 0.244 e. The molecule has 0 aromatic rings. The summed E-state index contributed by atoms with van der Waals surface area (Å²) in [5, 5.41) is 6.36. The van der Waals surface area contributed by atoms with E-state index >= 15 is 0 Å². The van der Waals surface area contributed by atoms with Crippen molar-refractivity contribution in [2.75, 3.05) is 19.8 Å². The number of hydrogen-bond acceptors (Lipinski definition) is 4. The number of hydrogen-bond donors (Lipinski definition) is 2. The van der Waals surface area contributed by atoms with Crippen molar-refractivity contribution in [3.05, 3.63) is 24.1 Å². The van der Waals surface area contributed by atoms with Gasteiger partial charge >= 0.3 is 0 Å². The predicted octanol–water partition coefficient (Wildman–Crippen LogP) is 3.91. The second-order valence-electron chi connectivity index (χ2n) is 8.60. The molecule has 0 atom stereocenters. The van der Waals surface area contributed by atoms with Gasteiger partial charge in [-0.3, -0.25) is 4.79 Å². The summed E-state index contributed by atoms with van der Waals surface area (Å²) in [6.45, 7) is 18.4. The van der Waals surface area contributed by atoms with E-state index in [0.29, 0.717) is 18.3 Å². The van der Waals surface area contributed by atoms with E-state index in [0.717, 1.165) is 44.7 Å². The molecule has 0 aromatic carbocycles. The molecule has 1 rings (SSSR count). The molecule has 0 bridgehead atoms. The molecule has 1 aliphatic heterocycles. The predicted molar refractivity (Wildman–Crippen MR) is 107 cm³/mol. The Hall–Kier alpha value is -1.33. The Kier molecular flexibility index (Phi) is 8.84. The van der Waals surface area contributed by atoms with E-state index in [-0.39, 0.29) is 11.3 Å². The fourth-order valence-electron chi connectivity index (χ4n) is 2.72. The van der Waals surface area contributed by atoms with Gasteiger partial charge < -0.3 is 20.1 Å². The van der Waals surface area contributed by atoms with E-state index in [2.05, 4.69) is 44.9 Å². The van der Waals surface area contributed by atoms with E-state index in [4.69, 9.17) is 9.47 Å². The normalized spacial score (nSPS) is 17.1. The summed E-state index contributed by atoms with van der Waals surface area (Å²) in [5.41, 5.74) is -0.264. The molecule has 1 heterocycles. The number of nitrogens with one attached hydrogen (secondary N) is 2. The van der Waals surface area contributed by atoms with Crippen LogP contribution in [0.2, 0.25) is 0 Å². The molecular formula is C21H38N2O3. The first kappa shape index (κ1) is 22.7. The zero-order valence-electron chi connectivity index (χ0n) is 17.5. The summed E-state index contributed by atoms with van der Waals surface area (Å²) < 4.78 is 11.3. The lowest BCUT2D eigenvalue weighted by Crippen LogP contribution is -2.56. The van der Waals surface area contributed by atoms with E-state index in [1.807, 2.05) is 19.9 Å². The molecule has 0 spiro atoms. The van der Waals surface area contributed by atoms with Gasteiger partial charge in [0.2, 0.25) is 5.91 Å². The van der Waals surface area contributed by atoms with E-state index in [1.54, 1.807) is 0 Å². The minimum atomic E-state index is -0.677. The van der Waals surface area contributed by atoms with Crippen molar-refractivity contribution in [3.63, 3.8) is 0 Å². The van der Waals surface area contributed by atoms with Crippen LogP contribution in [0.3, 0.4) is 0 Å². The summed E-state index contributed by atoms with van der Waals surface area (Å²) >= 11 is 0. The lowest BCUT2D eigenvalue weighted by atomic mass is 9.93. The molecule has 1 amide bonds. The third-order valence-electron chi connectivity index (χ3n) is 4.43. The highest BCUT2D eigenvalue weighted by Crippen LogP contribution is 2.27. The van der Waals surface area contributed by atoms with Crippen molar-refractivity contribution >= 4 is 5.91 Å². The Morgan fingerprint density at radius 2 is 1.85 bits per heavy atom. The maximum absolute atomic E-state index is 12.7. The first-order chi connectivity index (χ1) is 12.1. The molecular weight excluding hydrogens is 328 g/mol. The molecule has 0 aromatic heterocycles. The highest BCUT2D eigenvalue weighted by atomic mass is 16.5. The van der Waals surface area contributed by atoms with Gasteiger partial charge in [-0.1, -0.05) is 40.7 Å². The molecule has 150 valence electrons. The van der Waals surface area contributed by atoms with Crippen LogP contribution in [-0.2, 0) is 14.3 Å². The first-order valence-electron chi connectivity index (χ1n) is 9.77. The number of ether oxygens (including phenoxy) is 2. The van der Waals surface area contributed by atoms with E-state index in [9.17, 15) is 4.79 Å². The van der Waals surface area contributed by atoms with Gasteiger partial charge in [0.1, 0.15) is 5.76 Å². The molecule has 1 saturated heterocycles. The molecule has 0 saturated carbocycles. The Balaban J connectivity index is 2.67. The summed E-state index contributed by atoms with van der Waals surface area (Å²) in [6, 6.07) is 0.302. The molecule has 26 heavy (non-hydrogen) atoms. The Morgan fingerprint density at radius 3 is 2.38 bits per heavy atom. The lowest BCUT2D eigenvalue weighted by Gasteiger charge is -2.33. The van der Waals surface area contributed by atoms with Crippen molar-refractivity contribution < 1.29 is 14.3 Å². The van der Waals surface area contributed by atoms with Crippen molar-refractivity contribution in [3.8, 4) is 0 Å². The van der Waals surface area contributed by atoms with Crippen molar-refractivity contribution in [1.82, 2.24) is 10.6 Å². The van der Waals surface area contributed by atoms with Gasteiger partial charge in [-0.05, 0) is 39.2 Å². The number of amides is 1. The Bertz CT molecular complexity index is 498. The number of unbranched alkanes of at least 4 members (excludes halogenated alkanes) is 1. The summed E-state index contributed by atoms with van der Waals surface area (Å²) in [6.07, 6.45) is 5.79. The van der Waals surface area contributed by atoms with Crippen LogP contribution in [0.15, 0.2) is 24.1 Å². The average molecular weight is 367 g/mol. The fourth-order valence-corrected chi connectivity index (χ4v) is 2.72. The van der Waals surface area contributed by atoms with Crippen LogP contribution in [0.25, 0.3) is 0 Å². The van der Waals surface area contributed by atoms with Gasteiger partial charge in [0, 0.05) is 30.4 Å². The monoisotopic (exact) mass is 366 g/mol. The highest BCUT2D eigenvalue weighted by Gasteiger charge is 2.31. The molecule has 0 aliphatic carbocycles. The topological polar surface area (TPSA) is 59.6 Å². The summed E-state index contributed by atoms with van der Waals surface area (Å²) in [5.74, 6) is 0.749. The summed E-state index contributed by atoms with van der Waals surface area (Å²) in [4.78, 5) is 12.7. The molecule has 0 unspecified atom stereocenters. The standard InChI is InChI=1S/C21H38N2O3/c1-8-9-12-26-18(20(3,4)5)15-16(2)22-19(24)21(6,7)23-17-10-13-25-14-11-17/h15,17,23H,2,8-14H2,1,3-7H3,(H,22,24)/b18-15-. The number of carbonyl (C=O) groups is 1. The van der Waals surface area contributed by atoms with Crippen molar-refractivity contribution in [1.29, 1.82) is 0 Å². The number of allylic oxidation sites excluding steroid dienone is 2. The highest BCUT2D eigenvalue weighted by molar-refractivity contribution is 5.87. The van der Waals surface area contributed by atoms with Crippen LogP contribution in [0, 0.1) is 5.41 Å². The maximum atomic E-state index is 12.7. The fraction of sp³-hybridized carbons (Fsp3) is 0.762. The van der Waals surface area contributed by atoms with Crippen molar-refractivity contribution in [2.45, 2.75) is 78.8 Å². The third kappa shape index (κ3) is 7.92. The van der Waals surface area contributed by atoms with Crippen LogP contribution >= 0.6 is 0 Å². The first-order valence-corrected chi connectivity index (χ1v) is 9.77. The van der Waals surface area contributed by atoms with Gasteiger partial charge in [-0.2, -0.15) is 0 Å². The van der Waals surface area contributed by atoms with Crippen LogP contribution in [0.1, 0.15) is 67.2 Å². The zero-order chi connectivity index (χ0) is 19.8. The molecule has 5 heteroatoms. The Morgan fingerprint density at radius 1 is 1.23 bits per heavy atom. The number of rotatable bonds is 9. The van der Waals surface area contributed by atoms with E-state index < -0.39 is 5.54 Å². The Labute approximate surface area is 159 Å². The second kappa shape index (κ2) is 10.1. The van der Waals surface area contributed by atoms with Crippen molar-refractivity contribution in [2.24, 2.45) is 5.41 Å².